The zero-order valence-electron chi connectivity index (χ0n) is 10.3. The maximum Gasteiger partial charge on any atom is 0.278 e. The molecule has 0 aliphatic heterocycles. The number of hydrogen-bond donors (Lipinski definition) is 1. The van der Waals surface area contributed by atoms with E-state index in [1.165, 1.54) is 0 Å². The van der Waals surface area contributed by atoms with Crippen LogP contribution in [0, 0.1) is 6.92 Å². The Morgan fingerprint density at radius 2 is 1.89 bits per heavy atom. The first kappa shape index (κ1) is 12.0. The molecule has 0 saturated heterocycles. The summed E-state index contributed by atoms with van der Waals surface area (Å²) >= 11 is 0. The lowest BCUT2D eigenvalue weighted by molar-refractivity contribution is 0.0987. The molecule has 92 valence electrons. The molecule has 0 atom stereocenters. The average Bonchev–Trinajstić information content (AvgIpc) is 2.38. The summed E-state index contributed by atoms with van der Waals surface area (Å²) < 4.78 is 0. The topological polar surface area (TPSA) is 72.1 Å². The minimum absolute atomic E-state index is 0.211. The Kier molecular flexibility index (Phi) is 3.23. The second kappa shape index (κ2) is 4.83. The summed E-state index contributed by atoms with van der Waals surface area (Å²) in [5.74, 6) is 0.0851. The minimum Gasteiger partial charge on any atom is -0.382 e. The summed E-state index contributed by atoms with van der Waals surface area (Å²) in [4.78, 5) is 13.7. The van der Waals surface area contributed by atoms with Crippen LogP contribution < -0.4 is 10.6 Å². The van der Waals surface area contributed by atoms with Gasteiger partial charge in [-0.3, -0.25) is 4.79 Å². The third-order valence-corrected chi connectivity index (χ3v) is 2.69. The molecule has 0 aliphatic carbocycles. The average molecular weight is 242 g/mol. The molecule has 1 amide bonds. The van der Waals surface area contributed by atoms with Crippen LogP contribution in [0.2, 0.25) is 0 Å². The highest BCUT2D eigenvalue weighted by Crippen LogP contribution is 2.19. The van der Waals surface area contributed by atoms with E-state index in [2.05, 4.69) is 10.2 Å². The van der Waals surface area contributed by atoms with Crippen LogP contribution in [0.1, 0.15) is 16.1 Å². The zero-order valence-corrected chi connectivity index (χ0v) is 10.3. The Bertz CT molecular complexity index is 565. The van der Waals surface area contributed by atoms with Crippen LogP contribution in [0.15, 0.2) is 36.4 Å². The van der Waals surface area contributed by atoms with Gasteiger partial charge >= 0.3 is 0 Å². The van der Waals surface area contributed by atoms with Crippen molar-refractivity contribution in [1.29, 1.82) is 0 Å². The molecule has 1 aromatic heterocycles. The molecule has 2 aromatic rings. The van der Waals surface area contributed by atoms with Gasteiger partial charge in [-0.2, -0.15) is 0 Å². The Hall–Kier alpha value is -2.43. The second-order valence-electron chi connectivity index (χ2n) is 3.99. The van der Waals surface area contributed by atoms with Crippen molar-refractivity contribution in [2.24, 2.45) is 0 Å². The Morgan fingerprint density at radius 1 is 1.17 bits per heavy atom. The third-order valence-electron chi connectivity index (χ3n) is 2.69. The van der Waals surface area contributed by atoms with Gasteiger partial charge in [-0.1, -0.05) is 18.2 Å². The molecule has 0 unspecified atom stereocenters. The SMILES string of the molecule is Cc1ccccc1N(C)C(=O)c1ccc(N)nn1. The summed E-state index contributed by atoms with van der Waals surface area (Å²) in [6.07, 6.45) is 0. The lowest BCUT2D eigenvalue weighted by Gasteiger charge is -2.18. The molecule has 2 N–H and O–H groups in total. The summed E-state index contributed by atoms with van der Waals surface area (Å²) in [7, 11) is 1.71. The summed E-state index contributed by atoms with van der Waals surface area (Å²) in [5, 5.41) is 7.47. The number of anilines is 2. The fourth-order valence-corrected chi connectivity index (χ4v) is 1.68. The van der Waals surface area contributed by atoms with Crippen LogP contribution in [0.25, 0.3) is 0 Å². The number of hydrogen-bond acceptors (Lipinski definition) is 4. The zero-order chi connectivity index (χ0) is 13.1. The highest BCUT2D eigenvalue weighted by molar-refractivity contribution is 6.04. The van der Waals surface area contributed by atoms with Crippen LogP contribution in [0.3, 0.4) is 0 Å². The molecule has 5 nitrogen and oxygen atoms in total. The van der Waals surface area contributed by atoms with E-state index in [-0.39, 0.29) is 11.6 Å². The van der Waals surface area contributed by atoms with Crippen molar-refractivity contribution in [2.45, 2.75) is 6.92 Å². The number of nitrogens with zero attached hydrogens (tertiary/aromatic N) is 3. The first-order valence-electron chi connectivity index (χ1n) is 5.52. The van der Waals surface area contributed by atoms with Gasteiger partial charge in [0.2, 0.25) is 0 Å². The predicted octanol–water partition coefficient (Wildman–Crippen LogP) is 1.64. The number of nitrogens with two attached hydrogens (primary N) is 1. The Balaban J connectivity index is 2.29. The number of nitrogen functional groups attached to an aromatic ring is 1. The predicted molar refractivity (Wildman–Crippen MR) is 70.4 cm³/mol. The van der Waals surface area contributed by atoms with Crippen LogP contribution in [-0.2, 0) is 0 Å². The first-order valence-corrected chi connectivity index (χ1v) is 5.52. The molecule has 18 heavy (non-hydrogen) atoms. The van der Waals surface area contributed by atoms with Crippen molar-refractivity contribution in [3.8, 4) is 0 Å². The number of rotatable bonds is 2. The molecule has 5 heteroatoms. The summed E-state index contributed by atoms with van der Waals surface area (Å²) in [6.45, 7) is 1.95. The molecule has 0 aliphatic rings. The van der Waals surface area contributed by atoms with E-state index in [1.54, 1.807) is 24.1 Å². The molecule has 0 radical (unpaired) electrons. The maximum absolute atomic E-state index is 12.2. The van der Waals surface area contributed by atoms with Gasteiger partial charge in [0.1, 0.15) is 5.82 Å². The van der Waals surface area contributed by atoms with E-state index < -0.39 is 0 Å². The number of carbonyl (C=O) groups is 1. The van der Waals surface area contributed by atoms with E-state index in [1.807, 2.05) is 31.2 Å². The van der Waals surface area contributed by atoms with Crippen LogP contribution in [0.4, 0.5) is 11.5 Å². The van der Waals surface area contributed by atoms with E-state index in [4.69, 9.17) is 5.73 Å². The lowest BCUT2D eigenvalue weighted by Crippen LogP contribution is -2.28. The molecular weight excluding hydrogens is 228 g/mol. The highest BCUT2D eigenvalue weighted by Gasteiger charge is 2.16. The molecule has 0 fully saturated rings. The first-order chi connectivity index (χ1) is 8.59. The molecule has 2 rings (SSSR count). The monoisotopic (exact) mass is 242 g/mol. The third kappa shape index (κ3) is 2.29. The number of para-hydroxylation sites is 1. The van der Waals surface area contributed by atoms with Crippen LogP contribution in [0.5, 0.6) is 0 Å². The summed E-state index contributed by atoms with van der Waals surface area (Å²) in [5.41, 5.74) is 7.59. The molecular formula is C13H14N4O. The van der Waals surface area contributed by atoms with Gasteiger partial charge in [-0.05, 0) is 30.7 Å². The fourth-order valence-electron chi connectivity index (χ4n) is 1.68. The van der Waals surface area contributed by atoms with Gasteiger partial charge in [0.05, 0.1) is 0 Å². The van der Waals surface area contributed by atoms with Gasteiger partial charge in [-0.25, -0.2) is 0 Å². The van der Waals surface area contributed by atoms with Gasteiger partial charge in [0.15, 0.2) is 5.69 Å². The van der Waals surface area contributed by atoms with Gasteiger partial charge in [-0.15, -0.1) is 10.2 Å². The number of carbonyl (C=O) groups excluding carboxylic acids is 1. The van der Waals surface area contributed by atoms with Crippen molar-refractivity contribution in [2.75, 3.05) is 17.7 Å². The minimum atomic E-state index is -0.211. The molecule has 0 saturated carbocycles. The number of benzene rings is 1. The smallest absolute Gasteiger partial charge is 0.278 e. The number of aromatic nitrogens is 2. The Labute approximate surface area is 105 Å². The van der Waals surface area contributed by atoms with E-state index >= 15 is 0 Å². The van der Waals surface area contributed by atoms with Crippen molar-refractivity contribution < 1.29 is 4.79 Å². The van der Waals surface area contributed by atoms with Gasteiger partial charge in [0.25, 0.3) is 5.91 Å². The van der Waals surface area contributed by atoms with Gasteiger partial charge < -0.3 is 10.6 Å². The second-order valence-corrected chi connectivity index (χ2v) is 3.99. The van der Waals surface area contributed by atoms with Crippen molar-refractivity contribution in [1.82, 2.24) is 10.2 Å². The number of aryl methyl sites for hydroxylation is 1. The quantitative estimate of drug-likeness (QED) is 0.869. The van der Waals surface area contributed by atoms with Crippen molar-refractivity contribution in [3.05, 3.63) is 47.7 Å². The standard InChI is InChI=1S/C13H14N4O/c1-9-5-3-4-6-11(9)17(2)13(18)10-7-8-12(14)16-15-10/h3-8H,1-2H3,(H2,14,16). The summed E-state index contributed by atoms with van der Waals surface area (Å²) in [6, 6.07) is 10.8. The molecule has 0 spiro atoms. The number of amides is 1. The lowest BCUT2D eigenvalue weighted by atomic mass is 10.2. The molecule has 1 heterocycles. The van der Waals surface area contributed by atoms with Crippen molar-refractivity contribution in [3.63, 3.8) is 0 Å². The van der Waals surface area contributed by atoms with Crippen LogP contribution >= 0.6 is 0 Å². The van der Waals surface area contributed by atoms with E-state index in [9.17, 15) is 4.79 Å². The van der Waals surface area contributed by atoms with E-state index in [0.717, 1.165) is 11.3 Å². The van der Waals surface area contributed by atoms with Gasteiger partial charge in [0, 0.05) is 12.7 Å². The van der Waals surface area contributed by atoms with Crippen molar-refractivity contribution >= 4 is 17.4 Å². The van der Waals surface area contributed by atoms with Crippen LogP contribution in [-0.4, -0.2) is 23.2 Å². The maximum atomic E-state index is 12.2. The highest BCUT2D eigenvalue weighted by atomic mass is 16.2. The van der Waals surface area contributed by atoms with E-state index in [0.29, 0.717) is 5.82 Å². The fraction of sp³-hybridized carbons (Fsp3) is 0.154. The molecule has 1 aromatic carbocycles. The largest absolute Gasteiger partial charge is 0.382 e. The Morgan fingerprint density at radius 3 is 2.50 bits per heavy atom. The molecule has 0 bridgehead atoms. The normalized spacial score (nSPS) is 10.1.